The predicted octanol–water partition coefficient (Wildman–Crippen LogP) is 1.96. The van der Waals surface area contributed by atoms with E-state index in [2.05, 4.69) is 20.9 Å². The molecule has 0 unspecified atom stereocenters. The van der Waals surface area contributed by atoms with E-state index in [1.165, 1.54) is 11.1 Å². The number of guanidine groups is 1. The van der Waals surface area contributed by atoms with Crippen molar-refractivity contribution in [2.24, 2.45) is 10.7 Å². The number of ether oxygens (including phenoxy) is 1. The van der Waals surface area contributed by atoms with Crippen LogP contribution in [0.15, 0.2) is 23.2 Å². The van der Waals surface area contributed by atoms with Crippen LogP contribution in [-0.2, 0) is 17.7 Å². The van der Waals surface area contributed by atoms with Gasteiger partial charge in [-0.15, -0.1) is 24.0 Å². The molecule has 2 aliphatic heterocycles. The minimum Gasteiger partial charge on any atom is -0.378 e. The fraction of sp³-hybridized carbons (Fsp3) is 0.562. The molecule has 0 saturated carbocycles. The topological polar surface area (TPSA) is 54.1 Å². The second-order valence-corrected chi connectivity index (χ2v) is 6.15. The molecule has 1 aromatic carbocycles. The van der Waals surface area contributed by atoms with Crippen LogP contribution in [0.3, 0.4) is 0 Å². The molecule has 0 bridgehead atoms. The normalized spacial score (nSPS) is 19.2. The van der Waals surface area contributed by atoms with Gasteiger partial charge in [0, 0.05) is 37.7 Å². The van der Waals surface area contributed by atoms with Crippen molar-refractivity contribution in [3.05, 3.63) is 34.3 Å². The van der Waals surface area contributed by atoms with Gasteiger partial charge in [0.25, 0.3) is 0 Å². The standard InChI is InChI=1S/C16H23ClN4O.HI/c17-15-3-1-2-13-12-20(6-4-14(13)15)7-5-19-16(18)21-8-10-22-11-9-21;/h1-3H,4-12H2,(H2,18,19);1H. The van der Waals surface area contributed by atoms with Crippen LogP contribution in [0, 0.1) is 0 Å². The molecular formula is C16H24ClIN4O. The SMILES string of the molecule is I.NC(=NCCN1CCc2c(Cl)cccc2C1)N1CCOCC1. The minimum atomic E-state index is 0. The Bertz CT molecular complexity index is 549. The number of benzene rings is 1. The summed E-state index contributed by atoms with van der Waals surface area (Å²) in [6.07, 6.45) is 1.01. The van der Waals surface area contributed by atoms with Gasteiger partial charge in [-0.2, -0.15) is 0 Å². The molecule has 3 rings (SSSR count). The number of rotatable bonds is 3. The van der Waals surface area contributed by atoms with Gasteiger partial charge < -0.3 is 15.4 Å². The Labute approximate surface area is 159 Å². The van der Waals surface area contributed by atoms with Crippen LogP contribution in [0.5, 0.6) is 0 Å². The second kappa shape index (κ2) is 9.05. The van der Waals surface area contributed by atoms with E-state index in [0.29, 0.717) is 5.96 Å². The van der Waals surface area contributed by atoms with Crippen LogP contribution in [0.4, 0.5) is 0 Å². The maximum absolute atomic E-state index is 6.25. The molecular weight excluding hydrogens is 427 g/mol. The van der Waals surface area contributed by atoms with Gasteiger partial charge in [0.15, 0.2) is 5.96 Å². The summed E-state index contributed by atoms with van der Waals surface area (Å²) in [7, 11) is 0. The molecule has 0 amide bonds. The lowest BCUT2D eigenvalue weighted by atomic mass is 10.00. The molecule has 1 fully saturated rings. The Balaban J connectivity index is 0.00000192. The van der Waals surface area contributed by atoms with Crippen LogP contribution in [0.1, 0.15) is 11.1 Å². The molecule has 0 spiro atoms. The Morgan fingerprint density at radius 2 is 2.04 bits per heavy atom. The molecule has 2 aliphatic rings. The zero-order valence-corrected chi connectivity index (χ0v) is 16.3. The zero-order valence-electron chi connectivity index (χ0n) is 13.2. The van der Waals surface area contributed by atoms with Crippen molar-refractivity contribution in [3.8, 4) is 0 Å². The first-order valence-corrected chi connectivity index (χ1v) is 8.23. The van der Waals surface area contributed by atoms with Crippen molar-refractivity contribution in [2.45, 2.75) is 13.0 Å². The average Bonchev–Trinajstić information content (AvgIpc) is 2.56. The average molecular weight is 451 g/mol. The van der Waals surface area contributed by atoms with E-state index in [9.17, 15) is 0 Å². The summed E-state index contributed by atoms with van der Waals surface area (Å²) in [4.78, 5) is 9.02. The summed E-state index contributed by atoms with van der Waals surface area (Å²) in [6, 6.07) is 6.17. The summed E-state index contributed by atoms with van der Waals surface area (Å²) < 4.78 is 5.32. The lowest BCUT2D eigenvalue weighted by Gasteiger charge is -2.29. The van der Waals surface area contributed by atoms with Crippen molar-refractivity contribution in [1.82, 2.24) is 9.80 Å². The molecule has 0 aromatic heterocycles. The number of fused-ring (bicyclic) bond motifs is 1. The van der Waals surface area contributed by atoms with E-state index >= 15 is 0 Å². The van der Waals surface area contributed by atoms with Crippen molar-refractivity contribution in [1.29, 1.82) is 0 Å². The lowest BCUT2D eigenvalue weighted by Crippen LogP contribution is -2.45. The van der Waals surface area contributed by atoms with Gasteiger partial charge in [-0.05, 0) is 23.6 Å². The Hall–Kier alpha value is -0.570. The molecule has 1 saturated heterocycles. The molecule has 2 heterocycles. The first-order chi connectivity index (χ1) is 10.7. The third kappa shape index (κ3) is 4.95. The van der Waals surface area contributed by atoms with Crippen LogP contribution < -0.4 is 5.73 Å². The largest absolute Gasteiger partial charge is 0.378 e. The first-order valence-electron chi connectivity index (χ1n) is 7.85. The number of morpholine rings is 1. The van der Waals surface area contributed by atoms with E-state index in [-0.39, 0.29) is 24.0 Å². The predicted molar refractivity (Wildman–Crippen MR) is 105 cm³/mol. The number of nitrogens with two attached hydrogens (primary N) is 1. The highest BCUT2D eigenvalue weighted by molar-refractivity contribution is 14.0. The quantitative estimate of drug-likeness (QED) is 0.435. The molecule has 0 aliphatic carbocycles. The maximum Gasteiger partial charge on any atom is 0.191 e. The minimum absolute atomic E-state index is 0. The van der Waals surface area contributed by atoms with Crippen LogP contribution in [0.2, 0.25) is 5.02 Å². The number of aliphatic imine (C=N–C) groups is 1. The smallest absolute Gasteiger partial charge is 0.191 e. The fourth-order valence-corrected chi connectivity index (χ4v) is 3.30. The summed E-state index contributed by atoms with van der Waals surface area (Å²) in [5.74, 6) is 0.642. The van der Waals surface area contributed by atoms with Crippen molar-refractivity contribution < 1.29 is 4.74 Å². The zero-order chi connectivity index (χ0) is 15.4. The van der Waals surface area contributed by atoms with Gasteiger partial charge in [-0.25, -0.2) is 0 Å². The Kier molecular flexibility index (Phi) is 7.39. The molecule has 0 atom stereocenters. The van der Waals surface area contributed by atoms with Gasteiger partial charge in [0.2, 0.25) is 0 Å². The van der Waals surface area contributed by atoms with Gasteiger partial charge in [-0.3, -0.25) is 9.89 Å². The summed E-state index contributed by atoms with van der Waals surface area (Å²) >= 11 is 6.25. The lowest BCUT2D eigenvalue weighted by molar-refractivity contribution is 0.0674. The van der Waals surface area contributed by atoms with Crippen molar-refractivity contribution >= 4 is 41.5 Å². The molecule has 1 aromatic rings. The summed E-state index contributed by atoms with van der Waals surface area (Å²) in [5, 5.41) is 0.895. The van der Waals surface area contributed by atoms with Gasteiger partial charge in [-0.1, -0.05) is 23.7 Å². The highest BCUT2D eigenvalue weighted by atomic mass is 127. The Morgan fingerprint density at radius 3 is 2.83 bits per heavy atom. The molecule has 23 heavy (non-hydrogen) atoms. The monoisotopic (exact) mass is 450 g/mol. The molecule has 128 valence electrons. The van der Waals surface area contributed by atoms with Crippen LogP contribution in [0.25, 0.3) is 0 Å². The van der Waals surface area contributed by atoms with Gasteiger partial charge in [0.1, 0.15) is 0 Å². The molecule has 2 N–H and O–H groups in total. The second-order valence-electron chi connectivity index (χ2n) is 5.74. The van der Waals surface area contributed by atoms with E-state index < -0.39 is 0 Å². The van der Waals surface area contributed by atoms with Crippen LogP contribution >= 0.6 is 35.6 Å². The number of hydrogen-bond donors (Lipinski definition) is 1. The van der Waals surface area contributed by atoms with E-state index in [0.717, 1.165) is 63.9 Å². The van der Waals surface area contributed by atoms with Crippen LogP contribution in [-0.4, -0.2) is 61.7 Å². The van der Waals surface area contributed by atoms with E-state index in [1.54, 1.807) is 0 Å². The van der Waals surface area contributed by atoms with Crippen molar-refractivity contribution in [3.63, 3.8) is 0 Å². The highest BCUT2D eigenvalue weighted by Crippen LogP contribution is 2.25. The number of hydrogen-bond acceptors (Lipinski definition) is 3. The van der Waals surface area contributed by atoms with Gasteiger partial charge in [0.05, 0.1) is 19.8 Å². The molecule has 5 nitrogen and oxygen atoms in total. The highest BCUT2D eigenvalue weighted by Gasteiger charge is 2.18. The number of halogens is 2. The number of nitrogens with zero attached hydrogens (tertiary/aromatic N) is 3. The summed E-state index contributed by atoms with van der Waals surface area (Å²) in [5.41, 5.74) is 8.68. The maximum atomic E-state index is 6.25. The summed E-state index contributed by atoms with van der Waals surface area (Å²) in [6.45, 7) is 6.79. The van der Waals surface area contributed by atoms with Crippen molar-refractivity contribution in [2.75, 3.05) is 45.9 Å². The fourth-order valence-electron chi connectivity index (χ4n) is 3.01. The third-order valence-electron chi connectivity index (χ3n) is 4.31. The first kappa shape index (κ1) is 18.8. The van der Waals surface area contributed by atoms with E-state index in [4.69, 9.17) is 22.1 Å². The Morgan fingerprint density at radius 1 is 1.26 bits per heavy atom. The molecule has 7 heteroatoms. The van der Waals surface area contributed by atoms with E-state index in [1.807, 2.05) is 12.1 Å². The third-order valence-corrected chi connectivity index (χ3v) is 4.67. The van der Waals surface area contributed by atoms with Gasteiger partial charge >= 0.3 is 0 Å². The molecule has 0 radical (unpaired) electrons.